The molecule has 1 aliphatic rings. The number of nitrogens with zero attached hydrogens (tertiary/aromatic N) is 2. The van der Waals surface area contributed by atoms with E-state index in [1.165, 1.54) is 30.4 Å². The summed E-state index contributed by atoms with van der Waals surface area (Å²) in [6.45, 7) is 5.39. The van der Waals surface area contributed by atoms with Crippen LogP contribution in [-0.4, -0.2) is 23.0 Å². The van der Waals surface area contributed by atoms with Gasteiger partial charge in [0.2, 0.25) is 0 Å². The number of rotatable bonds is 6. The van der Waals surface area contributed by atoms with Gasteiger partial charge in [-0.25, -0.2) is 4.98 Å². The molecule has 3 rings (SSSR count). The van der Waals surface area contributed by atoms with Crippen LogP contribution >= 0.6 is 23.2 Å². The van der Waals surface area contributed by atoms with Gasteiger partial charge in [0.05, 0.1) is 10.7 Å². The minimum absolute atomic E-state index is 0.433. The molecular formula is C20H25Cl2N3. The van der Waals surface area contributed by atoms with Crippen molar-refractivity contribution < 1.29 is 0 Å². The monoisotopic (exact) mass is 377 g/mol. The lowest BCUT2D eigenvalue weighted by Crippen LogP contribution is -2.36. The first-order valence-corrected chi connectivity index (χ1v) is 9.60. The van der Waals surface area contributed by atoms with E-state index in [9.17, 15) is 0 Å². The number of anilines is 2. The second kappa shape index (κ2) is 7.94. The van der Waals surface area contributed by atoms with Crippen LogP contribution in [0.25, 0.3) is 0 Å². The quantitative estimate of drug-likeness (QED) is 0.645. The predicted molar refractivity (Wildman–Crippen MR) is 107 cm³/mol. The Morgan fingerprint density at radius 1 is 1.24 bits per heavy atom. The zero-order valence-electron chi connectivity index (χ0n) is 15.0. The molecule has 25 heavy (non-hydrogen) atoms. The number of aromatic nitrogens is 1. The van der Waals surface area contributed by atoms with Crippen LogP contribution in [0.5, 0.6) is 0 Å². The van der Waals surface area contributed by atoms with E-state index in [0.717, 1.165) is 24.1 Å². The molecule has 0 radical (unpaired) electrons. The average Bonchev–Trinajstić information content (AvgIpc) is 2.50. The van der Waals surface area contributed by atoms with E-state index >= 15 is 0 Å². The number of pyridine rings is 1. The molecule has 1 N–H and O–H groups in total. The van der Waals surface area contributed by atoms with Gasteiger partial charge in [0, 0.05) is 23.8 Å². The molecule has 0 amide bonds. The number of nitrogens with one attached hydrogen (secondary N) is 1. The van der Waals surface area contributed by atoms with Crippen LogP contribution in [0, 0.1) is 0 Å². The van der Waals surface area contributed by atoms with Crippen molar-refractivity contribution in [3.63, 3.8) is 0 Å². The van der Waals surface area contributed by atoms with Gasteiger partial charge in [0.1, 0.15) is 5.82 Å². The lowest BCUT2D eigenvalue weighted by atomic mass is 9.91. The molecule has 1 fully saturated rings. The Balaban J connectivity index is 1.81. The molecule has 0 spiro atoms. The Bertz CT molecular complexity index is 742. The Morgan fingerprint density at radius 2 is 2.00 bits per heavy atom. The van der Waals surface area contributed by atoms with Crippen LogP contribution in [0.4, 0.5) is 11.5 Å². The largest absolute Gasteiger partial charge is 0.339 e. The van der Waals surface area contributed by atoms with Crippen LogP contribution in [-0.2, 0) is 6.54 Å². The predicted octanol–water partition coefficient (Wildman–Crippen LogP) is 6.24. The van der Waals surface area contributed by atoms with Gasteiger partial charge in [0.25, 0.3) is 0 Å². The van der Waals surface area contributed by atoms with Crippen molar-refractivity contribution in [2.45, 2.75) is 51.6 Å². The fraction of sp³-hybridized carbons (Fsp3) is 0.450. The third kappa shape index (κ3) is 4.46. The maximum Gasteiger partial charge on any atom is 0.130 e. The highest BCUT2D eigenvalue weighted by Gasteiger charge is 2.23. The first kappa shape index (κ1) is 18.5. The Kier molecular flexibility index (Phi) is 5.88. The average molecular weight is 378 g/mol. The van der Waals surface area contributed by atoms with Gasteiger partial charge in [-0.2, -0.15) is 0 Å². The second-order valence-electron chi connectivity index (χ2n) is 7.17. The summed E-state index contributed by atoms with van der Waals surface area (Å²) >= 11 is 12.3. The van der Waals surface area contributed by atoms with Gasteiger partial charge >= 0.3 is 0 Å². The van der Waals surface area contributed by atoms with Crippen LogP contribution in [0.1, 0.15) is 50.2 Å². The van der Waals surface area contributed by atoms with Crippen molar-refractivity contribution in [1.29, 1.82) is 0 Å². The van der Waals surface area contributed by atoms with E-state index in [0.29, 0.717) is 16.0 Å². The molecule has 0 atom stereocenters. The molecule has 0 bridgehead atoms. The zero-order chi connectivity index (χ0) is 18.0. The number of hydrogen-bond donors (Lipinski definition) is 1. The minimum atomic E-state index is 0.433. The molecule has 1 heterocycles. The van der Waals surface area contributed by atoms with Crippen molar-refractivity contribution in [1.82, 2.24) is 9.88 Å². The lowest BCUT2D eigenvalue weighted by Gasteiger charge is -2.35. The fourth-order valence-electron chi connectivity index (χ4n) is 3.19. The van der Waals surface area contributed by atoms with Crippen molar-refractivity contribution in [3.8, 4) is 0 Å². The number of halogens is 2. The second-order valence-corrected chi connectivity index (χ2v) is 8.02. The normalized spacial score (nSPS) is 14.8. The van der Waals surface area contributed by atoms with Gasteiger partial charge in [-0.15, -0.1) is 0 Å². The maximum absolute atomic E-state index is 6.25. The molecule has 1 saturated carbocycles. The molecule has 1 aliphatic carbocycles. The van der Waals surface area contributed by atoms with Gasteiger partial charge in [0.15, 0.2) is 0 Å². The molecule has 0 aliphatic heterocycles. The molecule has 0 unspecified atom stereocenters. The zero-order valence-corrected chi connectivity index (χ0v) is 16.5. The summed E-state index contributed by atoms with van der Waals surface area (Å²) in [4.78, 5) is 7.06. The summed E-state index contributed by atoms with van der Waals surface area (Å²) < 4.78 is 0. The summed E-state index contributed by atoms with van der Waals surface area (Å²) in [5, 5.41) is 4.57. The number of benzene rings is 1. The van der Waals surface area contributed by atoms with E-state index in [4.69, 9.17) is 23.2 Å². The summed E-state index contributed by atoms with van der Waals surface area (Å²) in [6.07, 6.45) is 5.97. The molecule has 2 aromatic rings. The molecule has 1 aromatic heterocycles. The first-order valence-electron chi connectivity index (χ1n) is 8.85. The third-order valence-corrected chi connectivity index (χ3v) is 5.52. The summed E-state index contributed by atoms with van der Waals surface area (Å²) in [5.74, 6) is 1.23. The van der Waals surface area contributed by atoms with E-state index in [1.807, 2.05) is 12.3 Å². The van der Waals surface area contributed by atoms with Crippen LogP contribution in [0.15, 0.2) is 30.5 Å². The van der Waals surface area contributed by atoms with Crippen LogP contribution in [0.3, 0.4) is 0 Å². The maximum atomic E-state index is 6.25. The summed E-state index contributed by atoms with van der Waals surface area (Å²) in [7, 11) is 2.21. The standard InChI is InChI=1S/C20H25Cl2N3/c1-13(2)17-10-20(24-19-9-15(21)7-8-18(19)22)23-11-14(17)12-25(3)16-5-4-6-16/h7-11,13,16H,4-6,12H2,1-3H3,(H,23,24). The fourth-order valence-corrected chi connectivity index (χ4v) is 3.53. The van der Waals surface area contributed by atoms with E-state index in [1.54, 1.807) is 12.1 Å². The summed E-state index contributed by atoms with van der Waals surface area (Å²) in [5.41, 5.74) is 3.39. The SMILES string of the molecule is CC(C)c1cc(Nc2cc(Cl)ccc2Cl)ncc1CN(C)C1CCC1. The van der Waals surface area contributed by atoms with Crippen LogP contribution in [0.2, 0.25) is 10.0 Å². The van der Waals surface area contributed by atoms with Crippen molar-refractivity contribution >= 4 is 34.7 Å². The topological polar surface area (TPSA) is 28.2 Å². The minimum Gasteiger partial charge on any atom is -0.339 e. The third-order valence-electron chi connectivity index (χ3n) is 4.95. The van der Waals surface area contributed by atoms with Gasteiger partial charge in [-0.1, -0.05) is 43.5 Å². The Labute approximate surface area is 160 Å². The highest BCUT2D eigenvalue weighted by atomic mass is 35.5. The molecule has 0 saturated heterocycles. The number of hydrogen-bond acceptors (Lipinski definition) is 3. The van der Waals surface area contributed by atoms with E-state index in [-0.39, 0.29) is 0 Å². The van der Waals surface area contributed by atoms with Gasteiger partial charge < -0.3 is 5.32 Å². The summed E-state index contributed by atoms with van der Waals surface area (Å²) in [6, 6.07) is 8.24. The van der Waals surface area contributed by atoms with E-state index in [2.05, 4.69) is 42.2 Å². The van der Waals surface area contributed by atoms with Crippen molar-refractivity contribution in [2.24, 2.45) is 0 Å². The smallest absolute Gasteiger partial charge is 0.130 e. The molecular weight excluding hydrogens is 353 g/mol. The highest BCUT2D eigenvalue weighted by molar-refractivity contribution is 6.35. The Morgan fingerprint density at radius 3 is 2.64 bits per heavy atom. The molecule has 134 valence electrons. The Hall–Kier alpha value is -1.29. The lowest BCUT2D eigenvalue weighted by molar-refractivity contribution is 0.152. The first-order chi connectivity index (χ1) is 11.9. The molecule has 1 aromatic carbocycles. The van der Waals surface area contributed by atoms with Gasteiger partial charge in [-0.3, -0.25) is 4.90 Å². The van der Waals surface area contributed by atoms with Crippen molar-refractivity contribution in [3.05, 3.63) is 51.6 Å². The molecule has 3 nitrogen and oxygen atoms in total. The van der Waals surface area contributed by atoms with Crippen molar-refractivity contribution in [2.75, 3.05) is 12.4 Å². The van der Waals surface area contributed by atoms with Gasteiger partial charge in [-0.05, 0) is 61.2 Å². The van der Waals surface area contributed by atoms with E-state index < -0.39 is 0 Å². The highest BCUT2D eigenvalue weighted by Crippen LogP contribution is 2.31. The molecule has 5 heteroatoms. The van der Waals surface area contributed by atoms with Crippen LogP contribution < -0.4 is 5.32 Å².